The Kier molecular flexibility index (Phi) is 7.23. The SMILES string of the molecule is CC1=C2C3=CC[C@@H]4[C@@]5(C)CC[C@H](O[C@@H]6O[C@H](CO)[C@H](O)[C@H]6O)C(C)(C)[C@@H]5CC[C@@]4(C)[C@]3(C)CC[C@@]2(C(=O)O)CC[C@@H]1C. The number of aliphatic hydroxyl groups is 3. The van der Waals surface area contributed by atoms with E-state index >= 15 is 0 Å². The summed E-state index contributed by atoms with van der Waals surface area (Å²) in [5.41, 5.74) is 3.00. The fourth-order valence-electron chi connectivity index (χ4n) is 11.6. The molecule has 7 nitrogen and oxygen atoms in total. The molecule has 0 aromatic heterocycles. The van der Waals surface area contributed by atoms with Crippen LogP contribution in [0.25, 0.3) is 0 Å². The zero-order chi connectivity index (χ0) is 30.6. The zero-order valence-corrected chi connectivity index (χ0v) is 26.8. The molecule has 0 radical (unpaired) electrons. The average Bonchev–Trinajstić information content (AvgIpc) is 3.20. The molecular formula is C35H54O7. The molecule has 0 aromatic carbocycles. The summed E-state index contributed by atoms with van der Waals surface area (Å²) < 4.78 is 12.2. The molecule has 42 heavy (non-hydrogen) atoms. The number of rotatable bonds is 4. The number of hydrogen-bond donors (Lipinski definition) is 4. The van der Waals surface area contributed by atoms with E-state index in [1.807, 2.05) is 0 Å². The Morgan fingerprint density at radius 1 is 0.976 bits per heavy atom. The summed E-state index contributed by atoms with van der Waals surface area (Å²) in [7, 11) is 0. The summed E-state index contributed by atoms with van der Waals surface area (Å²) >= 11 is 0. The van der Waals surface area contributed by atoms with Gasteiger partial charge in [-0.25, -0.2) is 0 Å². The third-order valence-electron chi connectivity index (χ3n) is 14.5. The van der Waals surface area contributed by atoms with Crippen LogP contribution in [0.4, 0.5) is 0 Å². The molecular weight excluding hydrogens is 532 g/mol. The van der Waals surface area contributed by atoms with Crippen molar-refractivity contribution in [3.05, 3.63) is 22.8 Å². The van der Waals surface area contributed by atoms with Crippen molar-refractivity contribution >= 4 is 5.97 Å². The van der Waals surface area contributed by atoms with Gasteiger partial charge in [0.15, 0.2) is 6.29 Å². The van der Waals surface area contributed by atoms with E-state index in [2.05, 4.69) is 54.5 Å². The van der Waals surface area contributed by atoms with Crippen LogP contribution in [0.5, 0.6) is 0 Å². The average molecular weight is 587 g/mol. The first-order chi connectivity index (χ1) is 19.6. The topological polar surface area (TPSA) is 116 Å². The minimum absolute atomic E-state index is 0.0634. The van der Waals surface area contributed by atoms with Crippen molar-refractivity contribution < 1.29 is 34.7 Å². The van der Waals surface area contributed by atoms with Gasteiger partial charge in [0.1, 0.15) is 18.3 Å². The number of allylic oxidation sites excluding steroid dienone is 3. The van der Waals surface area contributed by atoms with Crippen LogP contribution in [0.1, 0.15) is 106 Å². The summed E-state index contributed by atoms with van der Waals surface area (Å²) in [6.07, 6.45) is 6.59. The van der Waals surface area contributed by atoms with E-state index < -0.39 is 36.0 Å². The van der Waals surface area contributed by atoms with Crippen LogP contribution in [-0.2, 0) is 14.3 Å². The van der Waals surface area contributed by atoms with Gasteiger partial charge >= 0.3 is 5.97 Å². The van der Waals surface area contributed by atoms with Crippen LogP contribution in [0, 0.1) is 44.8 Å². The Morgan fingerprint density at radius 3 is 2.33 bits per heavy atom. The Morgan fingerprint density at radius 2 is 1.69 bits per heavy atom. The molecule has 0 aromatic rings. The van der Waals surface area contributed by atoms with Gasteiger partial charge in [-0.15, -0.1) is 0 Å². The van der Waals surface area contributed by atoms with Gasteiger partial charge in [-0.05, 0) is 115 Å². The number of aliphatic hydroxyl groups excluding tert-OH is 3. The molecule has 6 aliphatic rings. The van der Waals surface area contributed by atoms with Crippen LogP contribution < -0.4 is 0 Å². The molecule has 1 heterocycles. The van der Waals surface area contributed by atoms with Crippen molar-refractivity contribution in [3.8, 4) is 0 Å². The van der Waals surface area contributed by atoms with Gasteiger partial charge in [-0.3, -0.25) is 4.79 Å². The third-order valence-corrected chi connectivity index (χ3v) is 14.5. The molecule has 1 aliphatic heterocycles. The Bertz CT molecular complexity index is 1190. The monoisotopic (exact) mass is 586 g/mol. The predicted molar refractivity (Wildman–Crippen MR) is 159 cm³/mol. The second kappa shape index (κ2) is 9.87. The molecule has 0 spiro atoms. The fraction of sp³-hybridized carbons (Fsp3) is 0.857. The van der Waals surface area contributed by atoms with Crippen molar-refractivity contribution in [1.29, 1.82) is 0 Å². The molecule has 7 heteroatoms. The molecule has 0 amide bonds. The summed E-state index contributed by atoms with van der Waals surface area (Å²) in [6, 6.07) is 0. The summed E-state index contributed by atoms with van der Waals surface area (Å²) in [5.74, 6) is 0.673. The van der Waals surface area contributed by atoms with Crippen LogP contribution in [0.15, 0.2) is 22.8 Å². The molecule has 1 saturated heterocycles. The third kappa shape index (κ3) is 3.85. The maximum absolute atomic E-state index is 12.9. The van der Waals surface area contributed by atoms with Gasteiger partial charge in [0, 0.05) is 0 Å². The minimum atomic E-state index is -1.17. The van der Waals surface area contributed by atoms with Gasteiger partial charge in [-0.1, -0.05) is 53.2 Å². The van der Waals surface area contributed by atoms with Crippen LogP contribution in [-0.4, -0.2) is 63.7 Å². The quantitative estimate of drug-likeness (QED) is 0.338. The summed E-state index contributed by atoms with van der Waals surface area (Å²) in [6.45, 7) is 16.2. The minimum Gasteiger partial charge on any atom is -0.481 e. The first-order valence-electron chi connectivity index (χ1n) is 16.5. The van der Waals surface area contributed by atoms with E-state index in [1.54, 1.807) is 0 Å². The Balaban J connectivity index is 1.33. The molecule has 6 rings (SSSR count). The molecule has 0 bridgehead atoms. The Hall–Kier alpha value is -1.25. The van der Waals surface area contributed by atoms with Gasteiger partial charge in [0.2, 0.25) is 0 Å². The smallest absolute Gasteiger partial charge is 0.314 e. The molecule has 4 N–H and O–H groups in total. The van der Waals surface area contributed by atoms with E-state index in [0.29, 0.717) is 17.8 Å². The van der Waals surface area contributed by atoms with Gasteiger partial charge < -0.3 is 29.9 Å². The first-order valence-corrected chi connectivity index (χ1v) is 16.5. The van der Waals surface area contributed by atoms with E-state index in [9.17, 15) is 25.2 Å². The number of carbonyl (C=O) groups is 1. The second-order valence-electron chi connectivity index (χ2n) is 16.3. The van der Waals surface area contributed by atoms with Crippen molar-refractivity contribution in [1.82, 2.24) is 0 Å². The number of carboxylic acids is 1. The normalized spacial score (nSPS) is 51.6. The van der Waals surface area contributed by atoms with E-state index in [4.69, 9.17) is 9.47 Å². The standard InChI is InChI=1S/C35H54O7/c1-19-10-15-35(30(39)40)17-16-33(6)21(26(35)20(19)2)8-9-24-32(5)13-12-25(31(3,4)23(32)11-14-34(24,33)7)42-29-28(38)27(37)22(18-36)41-29/h8,19,22-25,27-29,36-38H,9-18H2,1-7H3,(H,39,40)/t19-,22+,23-,24+,25-,27-,28+,29-,32-,33+,34+,35-/m0/s1. The summed E-state index contributed by atoms with van der Waals surface area (Å²) in [4.78, 5) is 12.9. The number of carboxylic acid groups (broad SMARTS) is 1. The molecule has 236 valence electrons. The van der Waals surface area contributed by atoms with Gasteiger partial charge in [0.25, 0.3) is 0 Å². The predicted octanol–water partition coefficient (Wildman–Crippen LogP) is 5.62. The van der Waals surface area contributed by atoms with E-state index in [-0.39, 0.29) is 34.4 Å². The second-order valence-corrected chi connectivity index (χ2v) is 16.3. The Labute approximate surface area is 251 Å². The highest BCUT2D eigenvalue weighted by molar-refractivity contribution is 5.82. The number of aliphatic carboxylic acids is 1. The van der Waals surface area contributed by atoms with Crippen LogP contribution in [0.2, 0.25) is 0 Å². The molecule has 0 unspecified atom stereocenters. The van der Waals surface area contributed by atoms with Crippen LogP contribution >= 0.6 is 0 Å². The van der Waals surface area contributed by atoms with Crippen molar-refractivity contribution in [2.45, 2.75) is 137 Å². The fourth-order valence-corrected chi connectivity index (χ4v) is 11.6. The largest absolute Gasteiger partial charge is 0.481 e. The highest BCUT2D eigenvalue weighted by Gasteiger charge is 2.68. The van der Waals surface area contributed by atoms with Crippen molar-refractivity contribution in [3.63, 3.8) is 0 Å². The van der Waals surface area contributed by atoms with Gasteiger partial charge in [0.05, 0.1) is 18.1 Å². The molecule has 3 saturated carbocycles. The summed E-state index contributed by atoms with van der Waals surface area (Å²) in [5, 5.41) is 41.0. The van der Waals surface area contributed by atoms with E-state index in [1.165, 1.54) is 16.7 Å². The number of hydrogen-bond acceptors (Lipinski definition) is 6. The number of ether oxygens (including phenoxy) is 2. The highest BCUT2D eigenvalue weighted by Crippen LogP contribution is 2.75. The molecule has 12 atom stereocenters. The maximum atomic E-state index is 12.9. The van der Waals surface area contributed by atoms with Crippen LogP contribution in [0.3, 0.4) is 0 Å². The lowest BCUT2D eigenvalue weighted by molar-refractivity contribution is -0.258. The lowest BCUT2D eigenvalue weighted by Crippen LogP contribution is -2.64. The van der Waals surface area contributed by atoms with Gasteiger partial charge in [-0.2, -0.15) is 0 Å². The van der Waals surface area contributed by atoms with Crippen molar-refractivity contribution in [2.24, 2.45) is 44.8 Å². The molecule has 4 fully saturated rings. The highest BCUT2D eigenvalue weighted by atomic mass is 16.7. The van der Waals surface area contributed by atoms with Crippen molar-refractivity contribution in [2.75, 3.05) is 6.61 Å². The maximum Gasteiger partial charge on any atom is 0.314 e. The first kappa shape index (κ1) is 30.8. The van der Waals surface area contributed by atoms with E-state index in [0.717, 1.165) is 57.8 Å². The number of fused-ring (bicyclic) bond motifs is 7. The zero-order valence-electron chi connectivity index (χ0n) is 26.8. The lowest BCUT2D eigenvalue weighted by atomic mass is 9.34. The lowest BCUT2D eigenvalue weighted by Gasteiger charge is -2.70. The molecule has 5 aliphatic carbocycles.